The minimum atomic E-state index is 0.315. The maximum atomic E-state index is 11.1. The normalized spacial score (nSPS) is 15.4. The van der Waals surface area contributed by atoms with Crippen LogP contribution in [-0.2, 0) is 6.42 Å². The van der Waals surface area contributed by atoms with Gasteiger partial charge in [-0.15, -0.1) is 0 Å². The van der Waals surface area contributed by atoms with Crippen LogP contribution in [0.25, 0.3) is 0 Å². The van der Waals surface area contributed by atoms with E-state index in [1.165, 1.54) is 18.4 Å². The molecule has 1 saturated carbocycles. The van der Waals surface area contributed by atoms with Crippen molar-refractivity contribution in [2.24, 2.45) is 5.92 Å². The van der Waals surface area contributed by atoms with Gasteiger partial charge in [0.15, 0.2) is 6.29 Å². The maximum absolute atomic E-state index is 11.1. The molecule has 2 rings (SSSR count). The van der Waals surface area contributed by atoms with Crippen molar-refractivity contribution in [2.45, 2.75) is 46.0 Å². The van der Waals surface area contributed by atoms with E-state index in [1.807, 2.05) is 6.92 Å². The monoisotopic (exact) mass is 295 g/mol. The highest BCUT2D eigenvalue weighted by molar-refractivity contribution is 9.10. The quantitative estimate of drug-likeness (QED) is 0.785. The number of aldehydes is 1. The van der Waals surface area contributed by atoms with E-state index in [4.69, 9.17) is 0 Å². The largest absolute Gasteiger partial charge is 0.296 e. The van der Waals surface area contributed by atoms with E-state index in [9.17, 15) is 4.79 Å². The molecule has 0 bridgehead atoms. The van der Waals surface area contributed by atoms with Crippen molar-refractivity contribution in [2.75, 3.05) is 0 Å². The zero-order chi connectivity index (χ0) is 12.6. The fraction of sp³-hybridized carbons (Fsp3) is 0.571. The molecule has 0 unspecified atom stereocenters. The van der Waals surface area contributed by atoms with E-state index in [0.29, 0.717) is 11.6 Å². The predicted octanol–water partition coefficient (Wildman–Crippen LogP) is 4.04. The van der Waals surface area contributed by atoms with Gasteiger partial charge in [0.05, 0.1) is 0 Å². The number of hydrogen-bond donors (Lipinski definition) is 0. The summed E-state index contributed by atoms with van der Waals surface area (Å²) in [6.45, 7) is 6.20. The van der Waals surface area contributed by atoms with Gasteiger partial charge in [0.2, 0.25) is 0 Å². The molecule has 1 fully saturated rings. The topological polar surface area (TPSA) is 30.0 Å². The molecule has 0 saturated heterocycles. The third-order valence-electron chi connectivity index (χ3n) is 3.38. The summed E-state index contributed by atoms with van der Waals surface area (Å²) in [5.74, 6) is 1.14. The average molecular weight is 296 g/mol. The molecule has 17 heavy (non-hydrogen) atoms. The standard InChI is InChI=1S/C14H18BrNO/c1-8(2)13-12(7-17)16-9(3)11(14(13)15)6-10-4-5-10/h7-8,10H,4-6H2,1-3H3. The summed E-state index contributed by atoms with van der Waals surface area (Å²) < 4.78 is 1.11. The summed E-state index contributed by atoms with van der Waals surface area (Å²) >= 11 is 3.68. The Morgan fingerprint density at radius 2 is 2.12 bits per heavy atom. The lowest BCUT2D eigenvalue weighted by molar-refractivity contribution is 0.111. The fourth-order valence-electron chi connectivity index (χ4n) is 2.23. The van der Waals surface area contributed by atoms with Crippen LogP contribution in [0.5, 0.6) is 0 Å². The summed E-state index contributed by atoms with van der Waals surface area (Å²) in [6.07, 6.45) is 4.63. The Bertz CT molecular complexity index is 450. The van der Waals surface area contributed by atoms with Crippen molar-refractivity contribution in [3.8, 4) is 0 Å². The molecule has 0 radical (unpaired) electrons. The number of hydrogen-bond acceptors (Lipinski definition) is 2. The number of carbonyl (C=O) groups is 1. The van der Waals surface area contributed by atoms with Gasteiger partial charge in [-0.3, -0.25) is 4.79 Å². The molecule has 0 spiro atoms. The SMILES string of the molecule is Cc1nc(C=O)c(C(C)C)c(Br)c1CC1CC1. The smallest absolute Gasteiger partial charge is 0.168 e. The number of rotatable bonds is 4. The lowest BCUT2D eigenvalue weighted by Gasteiger charge is -2.16. The average Bonchev–Trinajstić information content (AvgIpc) is 3.06. The molecule has 1 aromatic heterocycles. The number of aromatic nitrogens is 1. The highest BCUT2D eigenvalue weighted by Gasteiger charge is 2.26. The van der Waals surface area contributed by atoms with Crippen LogP contribution in [-0.4, -0.2) is 11.3 Å². The first-order valence-corrected chi connectivity index (χ1v) is 6.98. The second kappa shape index (κ2) is 4.89. The molecule has 1 aliphatic rings. The van der Waals surface area contributed by atoms with E-state index in [1.54, 1.807) is 0 Å². The maximum Gasteiger partial charge on any atom is 0.168 e. The summed E-state index contributed by atoms with van der Waals surface area (Å²) in [7, 11) is 0. The molecule has 1 aliphatic carbocycles. The highest BCUT2D eigenvalue weighted by Crippen LogP contribution is 2.38. The Morgan fingerprint density at radius 1 is 1.47 bits per heavy atom. The predicted molar refractivity (Wildman–Crippen MR) is 72.6 cm³/mol. The molecule has 0 aromatic carbocycles. The van der Waals surface area contributed by atoms with Gasteiger partial charge in [-0.05, 0) is 49.1 Å². The third-order valence-corrected chi connectivity index (χ3v) is 4.29. The minimum Gasteiger partial charge on any atom is -0.296 e. The molecule has 0 atom stereocenters. The van der Waals surface area contributed by atoms with Crippen molar-refractivity contribution in [1.29, 1.82) is 0 Å². The van der Waals surface area contributed by atoms with Crippen molar-refractivity contribution in [3.63, 3.8) is 0 Å². The summed E-state index contributed by atoms with van der Waals surface area (Å²) in [6, 6.07) is 0. The van der Waals surface area contributed by atoms with Crippen LogP contribution in [0.2, 0.25) is 0 Å². The van der Waals surface area contributed by atoms with Crippen LogP contribution in [0.3, 0.4) is 0 Å². The second-order valence-electron chi connectivity index (χ2n) is 5.21. The summed E-state index contributed by atoms with van der Waals surface area (Å²) in [5, 5.41) is 0. The van der Waals surface area contributed by atoms with Gasteiger partial charge < -0.3 is 0 Å². The molecule has 0 N–H and O–H groups in total. The molecular weight excluding hydrogens is 278 g/mol. The minimum absolute atomic E-state index is 0.315. The first-order valence-electron chi connectivity index (χ1n) is 6.18. The van der Waals surface area contributed by atoms with Crippen LogP contribution in [0, 0.1) is 12.8 Å². The lowest BCUT2D eigenvalue weighted by Crippen LogP contribution is -2.07. The number of pyridine rings is 1. The van der Waals surface area contributed by atoms with Gasteiger partial charge in [-0.25, -0.2) is 4.98 Å². The molecule has 0 amide bonds. The molecule has 2 nitrogen and oxygen atoms in total. The van der Waals surface area contributed by atoms with Crippen molar-refractivity contribution < 1.29 is 4.79 Å². The molecule has 3 heteroatoms. The van der Waals surface area contributed by atoms with Crippen LogP contribution in [0.1, 0.15) is 59.9 Å². The van der Waals surface area contributed by atoms with E-state index in [0.717, 1.165) is 34.4 Å². The van der Waals surface area contributed by atoms with Crippen LogP contribution >= 0.6 is 15.9 Å². The fourth-order valence-corrected chi connectivity index (χ4v) is 3.34. The van der Waals surface area contributed by atoms with Crippen molar-refractivity contribution in [1.82, 2.24) is 4.98 Å². The highest BCUT2D eigenvalue weighted by atomic mass is 79.9. The van der Waals surface area contributed by atoms with Crippen molar-refractivity contribution >= 4 is 22.2 Å². The van der Waals surface area contributed by atoms with E-state index in [2.05, 4.69) is 34.8 Å². The molecule has 1 heterocycles. The van der Waals surface area contributed by atoms with Crippen LogP contribution in [0.15, 0.2) is 4.47 Å². The molecule has 0 aliphatic heterocycles. The first kappa shape index (κ1) is 12.7. The molecular formula is C14H18BrNO. The van der Waals surface area contributed by atoms with E-state index in [-0.39, 0.29) is 0 Å². The van der Waals surface area contributed by atoms with Crippen LogP contribution < -0.4 is 0 Å². The number of aryl methyl sites for hydroxylation is 1. The molecule has 92 valence electrons. The summed E-state index contributed by atoms with van der Waals surface area (Å²) in [4.78, 5) is 15.6. The molecule has 1 aromatic rings. The number of nitrogens with zero attached hydrogens (tertiary/aromatic N) is 1. The zero-order valence-corrected chi connectivity index (χ0v) is 12.2. The number of halogens is 1. The third kappa shape index (κ3) is 2.59. The Morgan fingerprint density at radius 3 is 2.59 bits per heavy atom. The van der Waals surface area contributed by atoms with Gasteiger partial charge in [-0.1, -0.05) is 29.8 Å². The lowest BCUT2D eigenvalue weighted by atomic mass is 9.96. The van der Waals surface area contributed by atoms with Crippen molar-refractivity contribution in [3.05, 3.63) is 27.0 Å². The van der Waals surface area contributed by atoms with Crippen LogP contribution in [0.4, 0.5) is 0 Å². The number of carbonyl (C=O) groups excluding carboxylic acids is 1. The summed E-state index contributed by atoms with van der Waals surface area (Å²) in [5.41, 5.74) is 3.93. The van der Waals surface area contributed by atoms with E-state index >= 15 is 0 Å². The Kier molecular flexibility index (Phi) is 3.67. The van der Waals surface area contributed by atoms with Gasteiger partial charge >= 0.3 is 0 Å². The van der Waals surface area contributed by atoms with Gasteiger partial charge in [0.25, 0.3) is 0 Å². The Balaban J connectivity index is 2.51. The van der Waals surface area contributed by atoms with Gasteiger partial charge in [-0.2, -0.15) is 0 Å². The van der Waals surface area contributed by atoms with Gasteiger partial charge in [0.1, 0.15) is 5.69 Å². The Hall–Kier alpha value is -0.700. The second-order valence-corrected chi connectivity index (χ2v) is 6.00. The van der Waals surface area contributed by atoms with E-state index < -0.39 is 0 Å². The Labute approximate surface area is 111 Å². The first-order chi connectivity index (χ1) is 8.04. The zero-order valence-electron chi connectivity index (χ0n) is 10.6. The van der Waals surface area contributed by atoms with Gasteiger partial charge in [0, 0.05) is 10.2 Å².